The van der Waals surface area contributed by atoms with E-state index >= 15 is 0 Å². The van der Waals surface area contributed by atoms with E-state index in [2.05, 4.69) is 5.32 Å². The summed E-state index contributed by atoms with van der Waals surface area (Å²) >= 11 is 0. The molecule has 3 N–H and O–H groups in total. The molecule has 0 amide bonds. The Balaban J connectivity index is 3.10. The van der Waals surface area contributed by atoms with Gasteiger partial charge < -0.3 is 15.2 Å². The molecule has 0 aliphatic carbocycles. The first-order valence-electron chi connectivity index (χ1n) is 6.24. The van der Waals surface area contributed by atoms with Crippen LogP contribution in [0.3, 0.4) is 0 Å². The fourth-order valence-electron chi connectivity index (χ4n) is 1.45. The van der Waals surface area contributed by atoms with Crippen LogP contribution < -0.4 is 10.1 Å². The number of alkyl halides is 3. The number of hydrogen-bond acceptors (Lipinski definition) is 4. The number of allylic oxidation sites excluding steroid dienone is 1. The van der Waals surface area contributed by atoms with Crippen LogP contribution in [-0.4, -0.2) is 29.1 Å². The highest BCUT2D eigenvalue weighted by Gasteiger charge is 2.33. The maximum atomic E-state index is 12.3. The van der Waals surface area contributed by atoms with Crippen molar-refractivity contribution in [3.63, 3.8) is 0 Å². The molecule has 1 aromatic rings. The number of nitrogens with one attached hydrogen (secondary N) is 2. The summed E-state index contributed by atoms with van der Waals surface area (Å²) in [6.07, 6.45) is -4.90. The molecule has 0 aromatic heterocycles. The summed E-state index contributed by atoms with van der Waals surface area (Å²) in [5.41, 5.74) is -2.35. The maximum absolute atomic E-state index is 12.3. The first-order valence-corrected chi connectivity index (χ1v) is 6.24. The molecule has 0 aliphatic heterocycles. The Morgan fingerprint density at radius 1 is 1.36 bits per heavy atom. The van der Waals surface area contributed by atoms with Crippen molar-refractivity contribution in [1.82, 2.24) is 0 Å². The molecule has 1 rings (SSSR count). The predicted molar refractivity (Wildman–Crippen MR) is 75.3 cm³/mol. The van der Waals surface area contributed by atoms with Gasteiger partial charge in [-0.3, -0.25) is 5.41 Å². The summed E-state index contributed by atoms with van der Waals surface area (Å²) in [6, 6.07) is 6.23. The largest absolute Gasteiger partial charge is 0.489 e. The smallest absolute Gasteiger partial charge is 0.432 e. The van der Waals surface area contributed by atoms with Crippen molar-refractivity contribution < 1.29 is 27.8 Å². The van der Waals surface area contributed by atoms with Gasteiger partial charge in [-0.25, -0.2) is 4.79 Å². The fraction of sp³-hybridized carbons (Fsp3) is 0.286. The van der Waals surface area contributed by atoms with Crippen LogP contribution in [0.2, 0.25) is 0 Å². The van der Waals surface area contributed by atoms with Crippen molar-refractivity contribution in [2.45, 2.75) is 26.1 Å². The number of rotatable bonds is 6. The average molecular weight is 316 g/mol. The molecule has 0 heterocycles. The van der Waals surface area contributed by atoms with E-state index in [1.807, 2.05) is 0 Å². The molecule has 0 atom stereocenters. The minimum absolute atomic E-state index is 0.194. The van der Waals surface area contributed by atoms with Gasteiger partial charge in [0.2, 0.25) is 0 Å². The Morgan fingerprint density at radius 2 is 1.95 bits per heavy atom. The normalized spacial score (nSPS) is 12.2. The van der Waals surface area contributed by atoms with Crippen LogP contribution in [0.4, 0.5) is 18.9 Å². The van der Waals surface area contributed by atoms with Crippen molar-refractivity contribution in [3.05, 3.63) is 36.0 Å². The van der Waals surface area contributed by atoms with Crippen LogP contribution in [-0.2, 0) is 4.79 Å². The Hall–Kier alpha value is -2.51. The number of anilines is 1. The van der Waals surface area contributed by atoms with E-state index in [4.69, 9.17) is 15.3 Å². The number of benzene rings is 1. The highest BCUT2D eigenvalue weighted by Crippen LogP contribution is 2.27. The van der Waals surface area contributed by atoms with Crippen LogP contribution in [0.15, 0.2) is 36.0 Å². The lowest BCUT2D eigenvalue weighted by Gasteiger charge is -2.16. The van der Waals surface area contributed by atoms with Crippen LogP contribution in [0, 0.1) is 5.41 Å². The molecule has 0 radical (unpaired) electrons. The zero-order chi connectivity index (χ0) is 16.9. The van der Waals surface area contributed by atoms with Crippen molar-refractivity contribution >= 4 is 17.4 Å². The summed E-state index contributed by atoms with van der Waals surface area (Å²) in [5.74, 6) is -1.32. The van der Waals surface area contributed by atoms with Crippen molar-refractivity contribution in [3.8, 4) is 5.75 Å². The van der Waals surface area contributed by atoms with Crippen molar-refractivity contribution in [2.75, 3.05) is 5.32 Å². The Kier molecular flexibility index (Phi) is 5.56. The minimum Gasteiger partial charge on any atom is -0.489 e. The fourth-order valence-corrected chi connectivity index (χ4v) is 1.45. The topological polar surface area (TPSA) is 82.4 Å². The van der Waals surface area contributed by atoms with E-state index in [1.165, 1.54) is 6.07 Å². The van der Waals surface area contributed by atoms with E-state index in [0.717, 1.165) is 0 Å². The summed E-state index contributed by atoms with van der Waals surface area (Å²) in [7, 11) is 0. The number of aliphatic carboxylic acids is 1. The minimum atomic E-state index is -4.92. The van der Waals surface area contributed by atoms with E-state index in [-0.39, 0.29) is 17.9 Å². The molecule has 0 saturated heterocycles. The van der Waals surface area contributed by atoms with E-state index in [1.54, 1.807) is 32.0 Å². The molecule has 5 nitrogen and oxygen atoms in total. The third kappa shape index (κ3) is 5.12. The number of ether oxygens (including phenoxy) is 1. The lowest BCUT2D eigenvalue weighted by Crippen LogP contribution is -2.22. The SMILES string of the molecule is CC(C)Oc1ccccc1N/C(=C\C(=N)C(F)(F)F)C(=O)O. The third-order valence-electron chi connectivity index (χ3n) is 2.34. The average Bonchev–Trinajstić information content (AvgIpc) is 2.38. The Morgan fingerprint density at radius 3 is 2.45 bits per heavy atom. The number of carboxylic acids is 1. The van der Waals surface area contributed by atoms with Gasteiger partial charge in [-0.05, 0) is 32.1 Å². The number of para-hydroxylation sites is 2. The molecule has 0 spiro atoms. The zero-order valence-electron chi connectivity index (χ0n) is 11.9. The van der Waals surface area contributed by atoms with Gasteiger partial charge in [-0.15, -0.1) is 0 Å². The highest BCUT2D eigenvalue weighted by molar-refractivity contribution is 6.04. The molecule has 0 bridgehead atoms. The predicted octanol–water partition coefficient (Wildman–Crippen LogP) is 3.44. The second-order valence-corrected chi connectivity index (χ2v) is 4.56. The summed E-state index contributed by atoms with van der Waals surface area (Å²) in [6.45, 7) is 3.51. The van der Waals surface area contributed by atoms with Crippen LogP contribution in [0.1, 0.15) is 13.8 Å². The number of halogens is 3. The first-order chi connectivity index (χ1) is 10.1. The monoisotopic (exact) mass is 316 g/mol. The highest BCUT2D eigenvalue weighted by atomic mass is 19.4. The van der Waals surface area contributed by atoms with Gasteiger partial charge >= 0.3 is 12.1 Å². The summed E-state index contributed by atoms with van der Waals surface area (Å²) in [4.78, 5) is 11.1. The number of hydrogen-bond donors (Lipinski definition) is 3. The molecule has 0 fully saturated rings. The lowest BCUT2D eigenvalue weighted by atomic mass is 10.2. The van der Waals surface area contributed by atoms with E-state index in [9.17, 15) is 18.0 Å². The van der Waals surface area contributed by atoms with Gasteiger partial charge in [0, 0.05) is 0 Å². The number of carbonyl (C=O) groups is 1. The van der Waals surface area contributed by atoms with Gasteiger partial charge in [-0.2, -0.15) is 13.2 Å². The molecule has 120 valence electrons. The van der Waals surface area contributed by atoms with Gasteiger partial charge in [0.15, 0.2) is 0 Å². The van der Waals surface area contributed by atoms with Gasteiger partial charge in [0.1, 0.15) is 17.2 Å². The van der Waals surface area contributed by atoms with Crippen LogP contribution >= 0.6 is 0 Å². The van der Waals surface area contributed by atoms with E-state index in [0.29, 0.717) is 5.75 Å². The molecule has 22 heavy (non-hydrogen) atoms. The van der Waals surface area contributed by atoms with Gasteiger partial charge in [-0.1, -0.05) is 12.1 Å². The second kappa shape index (κ2) is 6.97. The van der Waals surface area contributed by atoms with Gasteiger partial charge in [0.25, 0.3) is 0 Å². The standard InChI is InChI=1S/C14H15F3N2O3/c1-8(2)22-11-6-4-3-5-9(11)19-10(13(20)21)7-12(18)14(15,16)17/h3-8,18-19H,1-2H3,(H,20,21)/b10-7-,18-12?. The summed E-state index contributed by atoms with van der Waals surface area (Å²) < 4.78 is 42.5. The lowest BCUT2D eigenvalue weighted by molar-refractivity contribution is -0.132. The Bertz CT molecular complexity index is 595. The zero-order valence-corrected chi connectivity index (χ0v) is 11.9. The summed E-state index contributed by atoms with van der Waals surface area (Å²) in [5, 5.41) is 18.2. The van der Waals surface area contributed by atoms with Crippen molar-refractivity contribution in [1.29, 1.82) is 5.41 Å². The molecule has 1 aromatic carbocycles. The number of carboxylic acid groups (broad SMARTS) is 1. The van der Waals surface area contributed by atoms with Crippen LogP contribution in [0.5, 0.6) is 5.75 Å². The van der Waals surface area contributed by atoms with Crippen LogP contribution in [0.25, 0.3) is 0 Å². The molecule has 0 saturated carbocycles. The Labute approximate surface area is 124 Å². The quantitative estimate of drug-likeness (QED) is 0.554. The van der Waals surface area contributed by atoms with Crippen molar-refractivity contribution in [2.24, 2.45) is 0 Å². The third-order valence-corrected chi connectivity index (χ3v) is 2.34. The van der Waals surface area contributed by atoms with E-state index < -0.39 is 23.6 Å². The first kappa shape index (κ1) is 17.5. The molecule has 0 aliphatic rings. The molecular formula is C14H15F3N2O3. The molecule has 0 unspecified atom stereocenters. The second-order valence-electron chi connectivity index (χ2n) is 4.56. The maximum Gasteiger partial charge on any atom is 0.432 e. The molecule has 8 heteroatoms. The van der Waals surface area contributed by atoms with Gasteiger partial charge in [0.05, 0.1) is 11.8 Å². The molecular weight excluding hydrogens is 301 g/mol.